The van der Waals surface area contributed by atoms with Crippen molar-refractivity contribution >= 4 is 16.0 Å². The average Bonchev–Trinajstić information content (AvgIpc) is 3.01. The first-order valence-corrected chi connectivity index (χ1v) is 10.3. The van der Waals surface area contributed by atoms with Gasteiger partial charge in [0.2, 0.25) is 10.0 Å². The van der Waals surface area contributed by atoms with E-state index in [0.717, 1.165) is 30.4 Å². The number of aryl methyl sites for hydroxylation is 1. The summed E-state index contributed by atoms with van der Waals surface area (Å²) in [7, 11) is -1.48. The Kier molecular flexibility index (Phi) is 6.78. The molecule has 1 fully saturated rings. The highest BCUT2D eigenvalue weighted by Gasteiger charge is 2.31. The highest BCUT2D eigenvalue weighted by atomic mass is 32.2. The normalized spacial score (nSPS) is 19.2. The maximum absolute atomic E-state index is 13.1. The van der Waals surface area contributed by atoms with Gasteiger partial charge >= 0.3 is 0 Å². The molecule has 2 rings (SSSR count). The van der Waals surface area contributed by atoms with Gasteiger partial charge in [-0.25, -0.2) is 12.8 Å². The van der Waals surface area contributed by atoms with E-state index in [9.17, 15) is 12.8 Å². The molecule has 1 saturated heterocycles. The molecule has 0 aliphatic carbocycles. The Hall–Kier alpha value is -1.67. The number of nitrogens with zero attached hydrogens (tertiary/aromatic N) is 2. The van der Waals surface area contributed by atoms with E-state index in [1.165, 1.54) is 18.4 Å². The maximum Gasteiger partial charge on any atom is 0.211 e. The van der Waals surface area contributed by atoms with Crippen molar-refractivity contribution in [3.05, 3.63) is 35.1 Å². The van der Waals surface area contributed by atoms with Crippen molar-refractivity contribution in [2.75, 3.05) is 32.9 Å². The lowest BCUT2D eigenvalue weighted by Gasteiger charge is -2.23. The zero-order valence-corrected chi connectivity index (χ0v) is 15.9. The predicted molar refractivity (Wildman–Crippen MR) is 98.8 cm³/mol. The molecular weight excluding hydrogens is 343 g/mol. The van der Waals surface area contributed by atoms with Crippen LogP contribution in [0.4, 0.5) is 4.39 Å². The van der Waals surface area contributed by atoms with Gasteiger partial charge < -0.3 is 10.6 Å². The number of sulfonamides is 1. The second-order valence-corrected chi connectivity index (χ2v) is 8.31. The molecule has 0 aromatic heterocycles. The molecule has 1 heterocycles. The molecule has 6 nitrogen and oxygen atoms in total. The number of hydrogen-bond donors (Lipinski definition) is 2. The van der Waals surface area contributed by atoms with Crippen LogP contribution in [0.2, 0.25) is 0 Å². The summed E-state index contributed by atoms with van der Waals surface area (Å²) in [6, 6.07) is 4.76. The molecule has 140 valence electrons. The van der Waals surface area contributed by atoms with Crippen LogP contribution in [-0.2, 0) is 16.4 Å². The minimum atomic E-state index is -3.17. The van der Waals surface area contributed by atoms with Crippen molar-refractivity contribution in [3.63, 3.8) is 0 Å². The Balaban J connectivity index is 1.81. The molecule has 0 radical (unpaired) electrons. The summed E-state index contributed by atoms with van der Waals surface area (Å²) in [5.41, 5.74) is 2.02. The van der Waals surface area contributed by atoms with Crippen LogP contribution in [0.15, 0.2) is 23.2 Å². The SMILES string of the molecule is CN=C(NCCc1ccc(F)cc1C)NC[C@H]1CCCN1S(C)(=O)=O. The molecule has 0 spiro atoms. The van der Waals surface area contributed by atoms with Crippen LogP contribution in [0.3, 0.4) is 0 Å². The lowest BCUT2D eigenvalue weighted by atomic mass is 10.1. The highest BCUT2D eigenvalue weighted by molar-refractivity contribution is 7.88. The summed E-state index contributed by atoms with van der Waals surface area (Å²) in [5, 5.41) is 6.41. The fourth-order valence-electron chi connectivity index (χ4n) is 3.14. The van der Waals surface area contributed by atoms with E-state index in [4.69, 9.17) is 0 Å². The maximum atomic E-state index is 13.1. The largest absolute Gasteiger partial charge is 0.356 e. The summed E-state index contributed by atoms with van der Waals surface area (Å²) in [6.45, 7) is 3.67. The third-order valence-electron chi connectivity index (χ3n) is 4.47. The molecule has 0 unspecified atom stereocenters. The molecule has 1 aliphatic rings. The van der Waals surface area contributed by atoms with Crippen LogP contribution < -0.4 is 10.6 Å². The number of benzene rings is 1. The zero-order valence-electron chi connectivity index (χ0n) is 15.0. The molecule has 8 heteroatoms. The van der Waals surface area contributed by atoms with Gasteiger partial charge in [-0.15, -0.1) is 0 Å². The lowest BCUT2D eigenvalue weighted by molar-refractivity contribution is 0.387. The summed E-state index contributed by atoms with van der Waals surface area (Å²) in [6.07, 6.45) is 3.75. The number of guanidine groups is 1. The minimum Gasteiger partial charge on any atom is -0.356 e. The Morgan fingerprint density at radius 2 is 2.16 bits per heavy atom. The van der Waals surface area contributed by atoms with Crippen molar-refractivity contribution in [2.24, 2.45) is 4.99 Å². The van der Waals surface area contributed by atoms with Crippen LogP contribution in [0.25, 0.3) is 0 Å². The number of aliphatic imine (C=N–C) groups is 1. The molecule has 0 saturated carbocycles. The van der Waals surface area contributed by atoms with Gasteiger partial charge in [0.25, 0.3) is 0 Å². The van der Waals surface area contributed by atoms with Gasteiger partial charge in [0.15, 0.2) is 5.96 Å². The van der Waals surface area contributed by atoms with Crippen LogP contribution in [-0.4, -0.2) is 57.7 Å². The Morgan fingerprint density at radius 3 is 2.80 bits per heavy atom. The van der Waals surface area contributed by atoms with Gasteiger partial charge in [0, 0.05) is 32.7 Å². The molecular formula is C17H27FN4O2S. The fourth-order valence-corrected chi connectivity index (χ4v) is 4.32. The number of rotatable bonds is 6. The van der Waals surface area contributed by atoms with E-state index < -0.39 is 10.0 Å². The second-order valence-electron chi connectivity index (χ2n) is 6.37. The Bertz CT molecular complexity index is 721. The first kappa shape index (κ1) is 19.7. The van der Waals surface area contributed by atoms with Crippen LogP contribution >= 0.6 is 0 Å². The molecule has 1 aromatic carbocycles. The van der Waals surface area contributed by atoms with E-state index in [2.05, 4.69) is 15.6 Å². The summed E-state index contributed by atoms with van der Waals surface area (Å²) < 4.78 is 38.2. The summed E-state index contributed by atoms with van der Waals surface area (Å²) >= 11 is 0. The van der Waals surface area contributed by atoms with Crippen molar-refractivity contribution < 1.29 is 12.8 Å². The van der Waals surface area contributed by atoms with Crippen LogP contribution in [0, 0.1) is 12.7 Å². The van der Waals surface area contributed by atoms with E-state index in [-0.39, 0.29) is 11.9 Å². The molecule has 0 amide bonds. The van der Waals surface area contributed by atoms with Crippen LogP contribution in [0.5, 0.6) is 0 Å². The van der Waals surface area contributed by atoms with Crippen molar-refractivity contribution in [3.8, 4) is 0 Å². The number of halogens is 1. The Morgan fingerprint density at radius 1 is 1.40 bits per heavy atom. The average molecular weight is 370 g/mol. The van der Waals surface area contributed by atoms with Gasteiger partial charge in [-0.05, 0) is 49.4 Å². The van der Waals surface area contributed by atoms with Crippen molar-refractivity contribution in [1.29, 1.82) is 0 Å². The monoisotopic (exact) mass is 370 g/mol. The molecule has 1 aliphatic heterocycles. The van der Waals surface area contributed by atoms with Gasteiger partial charge in [-0.2, -0.15) is 4.31 Å². The standard InChI is InChI=1S/C17H27FN4O2S/c1-13-11-15(18)7-6-14(13)8-9-20-17(19-2)21-12-16-5-4-10-22(16)25(3,23)24/h6-7,11,16H,4-5,8-10,12H2,1-3H3,(H2,19,20,21)/t16-/m1/s1. The first-order valence-electron chi connectivity index (χ1n) is 8.47. The molecule has 1 aromatic rings. The number of hydrogen-bond acceptors (Lipinski definition) is 3. The molecule has 1 atom stereocenters. The summed E-state index contributed by atoms with van der Waals surface area (Å²) in [4.78, 5) is 4.17. The van der Waals surface area contributed by atoms with E-state index >= 15 is 0 Å². The van der Waals surface area contributed by atoms with Gasteiger partial charge in [0.05, 0.1) is 6.26 Å². The van der Waals surface area contributed by atoms with Gasteiger partial charge in [-0.1, -0.05) is 6.07 Å². The van der Waals surface area contributed by atoms with Gasteiger partial charge in [0.1, 0.15) is 5.82 Å². The molecule has 25 heavy (non-hydrogen) atoms. The van der Waals surface area contributed by atoms with E-state index in [0.29, 0.717) is 25.6 Å². The number of nitrogens with one attached hydrogen (secondary N) is 2. The fraction of sp³-hybridized carbons (Fsp3) is 0.588. The highest BCUT2D eigenvalue weighted by Crippen LogP contribution is 2.19. The predicted octanol–water partition coefficient (Wildman–Crippen LogP) is 1.27. The third kappa shape index (κ3) is 5.67. The van der Waals surface area contributed by atoms with E-state index in [1.807, 2.05) is 6.92 Å². The van der Waals surface area contributed by atoms with E-state index in [1.54, 1.807) is 17.4 Å². The topological polar surface area (TPSA) is 73.8 Å². The molecule has 2 N–H and O–H groups in total. The zero-order chi connectivity index (χ0) is 18.4. The first-order chi connectivity index (χ1) is 11.8. The lowest BCUT2D eigenvalue weighted by Crippen LogP contribution is -2.46. The van der Waals surface area contributed by atoms with Crippen molar-refractivity contribution in [1.82, 2.24) is 14.9 Å². The quantitative estimate of drug-likeness (QED) is 0.584. The molecule has 0 bridgehead atoms. The third-order valence-corrected chi connectivity index (χ3v) is 5.80. The Labute approximate surface area is 149 Å². The van der Waals surface area contributed by atoms with Gasteiger partial charge in [-0.3, -0.25) is 4.99 Å². The minimum absolute atomic E-state index is 0.0344. The van der Waals surface area contributed by atoms with Crippen LogP contribution in [0.1, 0.15) is 24.0 Å². The summed E-state index contributed by atoms with van der Waals surface area (Å²) in [5.74, 6) is 0.416. The second kappa shape index (κ2) is 8.62. The van der Waals surface area contributed by atoms with Crippen molar-refractivity contribution in [2.45, 2.75) is 32.2 Å². The smallest absolute Gasteiger partial charge is 0.211 e.